The molecule has 2 fully saturated rings. The predicted molar refractivity (Wildman–Crippen MR) is 87.8 cm³/mol. The van der Waals surface area contributed by atoms with Gasteiger partial charge in [-0.25, -0.2) is 0 Å². The number of rotatable bonds is 4. The van der Waals surface area contributed by atoms with E-state index < -0.39 is 0 Å². The summed E-state index contributed by atoms with van der Waals surface area (Å²) in [5.74, 6) is 0.0702. The lowest BCUT2D eigenvalue weighted by Crippen LogP contribution is -2.63. The van der Waals surface area contributed by atoms with Gasteiger partial charge in [0.15, 0.2) is 0 Å². The molecule has 0 aliphatic carbocycles. The highest BCUT2D eigenvalue weighted by atomic mass is 16.5. The number of aromatic nitrogens is 2. The molecule has 0 aromatic carbocycles. The van der Waals surface area contributed by atoms with Crippen LogP contribution in [-0.2, 0) is 23.1 Å². The average Bonchev–Trinajstić information content (AvgIpc) is 2.95. The molecular weight excluding hydrogens is 292 g/mol. The molecule has 1 aromatic rings. The third-order valence-electron chi connectivity index (χ3n) is 5.23. The second kappa shape index (κ2) is 6.45. The lowest BCUT2D eigenvalue weighted by atomic mass is 9.82. The molecule has 23 heavy (non-hydrogen) atoms. The molecule has 1 amide bonds. The van der Waals surface area contributed by atoms with E-state index in [4.69, 9.17) is 4.74 Å². The summed E-state index contributed by atoms with van der Waals surface area (Å²) in [6.07, 6.45) is 7.69. The van der Waals surface area contributed by atoms with Crippen LogP contribution >= 0.6 is 0 Å². The topological polar surface area (TPSA) is 50.6 Å². The summed E-state index contributed by atoms with van der Waals surface area (Å²) in [6, 6.07) is 0.0993. The predicted octanol–water partition coefficient (Wildman–Crippen LogP) is 1.19. The number of piperidine rings is 1. The number of likely N-dealkylation sites (tertiary alicyclic amines) is 1. The van der Waals surface area contributed by atoms with Crippen LogP contribution in [0.1, 0.15) is 25.3 Å². The first-order chi connectivity index (χ1) is 11.0. The van der Waals surface area contributed by atoms with E-state index in [1.807, 2.05) is 22.8 Å². The molecule has 2 aliphatic rings. The number of ether oxygens (including phenoxy) is 1. The van der Waals surface area contributed by atoms with E-state index in [2.05, 4.69) is 29.7 Å². The Morgan fingerprint density at radius 1 is 1.48 bits per heavy atom. The Hall–Kier alpha value is -1.66. The zero-order valence-corrected chi connectivity index (χ0v) is 14.1. The SMILES string of the molecule is C=CCN1C(=O)COC2(CCN(Cc3cnn(C)c3)CC2)[C@H]1C. The monoisotopic (exact) mass is 318 g/mol. The fourth-order valence-corrected chi connectivity index (χ4v) is 3.77. The molecule has 1 spiro atoms. The van der Waals surface area contributed by atoms with Gasteiger partial charge in [-0.2, -0.15) is 5.10 Å². The quantitative estimate of drug-likeness (QED) is 0.783. The minimum Gasteiger partial charge on any atom is -0.363 e. The highest BCUT2D eigenvalue weighted by Crippen LogP contribution is 2.35. The molecule has 0 saturated carbocycles. The third-order valence-corrected chi connectivity index (χ3v) is 5.23. The summed E-state index contributed by atoms with van der Waals surface area (Å²) in [4.78, 5) is 16.4. The molecule has 126 valence electrons. The Bertz CT molecular complexity index is 575. The van der Waals surface area contributed by atoms with Gasteiger partial charge < -0.3 is 9.64 Å². The summed E-state index contributed by atoms with van der Waals surface area (Å²) in [6.45, 7) is 9.56. The van der Waals surface area contributed by atoms with Crippen LogP contribution in [0.25, 0.3) is 0 Å². The Morgan fingerprint density at radius 2 is 2.22 bits per heavy atom. The maximum Gasteiger partial charge on any atom is 0.249 e. The Balaban J connectivity index is 1.62. The molecule has 0 bridgehead atoms. The lowest BCUT2D eigenvalue weighted by Gasteiger charge is -2.51. The average molecular weight is 318 g/mol. The maximum atomic E-state index is 12.1. The minimum atomic E-state index is -0.206. The van der Waals surface area contributed by atoms with Crippen molar-refractivity contribution in [1.29, 1.82) is 0 Å². The van der Waals surface area contributed by atoms with Crippen molar-refractivity contribution >= 4 is 5.91 Å². The van der Waals surface area contributed by atoms with Gasteiger partial charge >= 0.3 is 0 Å². The van der Waals surface area contributed by atoms with Gasteiger partial charge in [0.2, 0.25) is 5.91 Å². The van der Waals surface area contributed by atoms with E-state index in [0.717, 1.165) is 32.5 Å². The van der Waals surface area contributed by atoms with Crippen LogP contribution in [0.2, 0.25) is 0 Å². The molecule has 2 saturated heterocycles. The van der Waals surface area contributed by atoms with Crippen molar-refractivity contribution in [2.24, 2.45) is 7.05 Å². The van der Waals surface area contributed by atoms with Crippen molar-refractivity contribution in [1.82, 2.24) is 19.6 Å². The molecule has 1 atom stereocenters. The number of amides is 1. The molecular formula is C17H26N4O2. The van der Waals surface area contributed by atoms with E-state index in [9.17, 15) is 4.79 Å². The van der Waals surface area contributed by atoms with Gasteiger partial charge in [-0.3, -0.25) is 14.4 Å². The van der Waals surface area contributed by atoms with E-state index >= 15 is 0 Å². The number of nitrogens with zero attached hydrogens (tertiary/aromatic N) is 4. The highest BCUT2D eigenvalue weighted by molar-refractivity contribution is 5.79. The second-order valence-corrected chi connectivity index (χ2v) is 6.66. The zero-order valence-electron chi connectivity index (χ0n) is 14.1. The third kappa shape index (κ3) is 3.19. The Morgan fingerprint density at radius 3 is 2.83 bits per heavy atom. The summed E-state index contributed by atoms with van der Waals surface area (Å²) in [5, 5.41) is 4.23. The molecule has 0 unspecified atom stereocenters. The summed E-state index contributed by atoms with van der Waals surface area (Å²) < 4.78 is 7.88. The van der Waals surface area contributed by atoms with Crippen LogP contribution in [-0.4, -0.2) is 63.4 Å². The Labute approximate surface area is 137 Å². The molecule has 3 rings (SSSR count). The largest absolute Gasteiger partial charge is 0.363 e. The maximum absolute atomic E-state index is 12.1. The molecule has 0 radical (unpaired) electrons. The molecule has 6 nitrogen and oxygen atoms in total. The number of carbonyl (C=O) groups excluding carboxylic acids is 1. The molecule has 1 aromatic heterocycles. The van der Waals surface area contributed by atoms with Crippen LogP contribution in [0.4, 0.5) is 0 Å². The number of morpholine rings is 1. The van der Waals surface area contributed by atoms with Crippen molar-refractivity contribution in [2.45, 2.75) is 38.0 Å². The van der Waals surface area contributed by atoms with Gasteiger partial charge in [0.1, 0.15) is 6.61 Å². The summed E-state index contributed by atoms with van der Waals surface area (Å²) in [7, 11) is 1.94. The Kier molecular flexibility index (Phi) is 4.55. The van der Waals surface area contributed by atoms with Gasteiger partial charge in [-0.05, 0) is 19.8 Å². The van der Waals surface area contributed by atoms with Crippen molar-refractivity contribution in [3.05, 3.63) is 30.6 Å². The van der Waals surface area contributed by atoms with Gasteiger partial charge in [-0.15, -0.1) is 6.58 Å². The van der Waals surface area contributed by atoms with Crippen molar-refractivity contribution < 1.29 is 9.53 Å². The van der Waals surface area contributed by atoms with Crippen LogP contribution < -0.4 is 0 Å². The fourth-order valence-electron chi connectivity index (χ4n) is 3.77. The first-order valence-corrected chi connectivity index (χ1v) is 8.28. The first kappa shape index (κ1) is 16.2. The number of carbonyl (C=O) groups is 1. The van der Waals surface area contributed by atoms with Crippen LogP contribution in [0.3, 0.4) is 0 Å². The van der Waals surface area contributed by atoms with Gasteiger partial charge in [0.25, 0.3) is 0 Å². The van der Waals surface area contributed by atoms with E-state index in [0.29, 0.717) is 6.54 Å². The van der Waals surface area contributed by atoms with Crippen LogP contribution in [0.5, 0.6) is 0 Å². The van der Waals surface area contributed by atoms with Gasteiger partial charge in [-0.1, -0.05) is 6.08 Å². The first-order valence-electron chi connectivity index (χ1n) is 8.28. The second-order valence-electron chi connectivity index (χ2n) is 6.66. The number of hydrogen-bond acceptors (Lipinski definition) is 4. The summed E-state index contributed by atoms with van der Waals surface area (Å²) >= 11 is 0. The standard InChI is InChI=1S/C17H26N4O2/c1-4-7-21-14(2)17(23-13-16(21)22)5-8-20(9-6-17)12-15-10-18-19(3)11-15/h4,10-11,14H,1,5-9,12-13H2,2-3H3/t14-/m1/s1. The van der Waals surface area contributed by atoms with Crippen molar-refractivity contribution in [3.8, 4) is 0 Å². The van der Waals surface area contributed by atoms with E-state index in [-0.39, 0.29) is 24.2 Å². The summed E-state index contributed by atoms with van der Waals surface area (Å²) in [5.41, 5.74) is 1.03. The molecule has 3 heterocycles. The van der Waals surface area contributed by atoms with Crippen molar-refractivity contribution in [2.75, 3.05) is 26.2 Å². The van der Waals surface area contributed by atoms with Gasteiger partial charge in [0, 0.05) is 45.0 Å². The van der Waals surface area contributed by atoms with Gasteiger partial charge in [0.05, 0.1) is 17.8 Å². The molecule has 0 N–H and O–H groups in total. The van der Waals surface area contributed by atoms with Crippen LogP contribution in [0.15, 0.2) is 25.0 Å². The molecule has 2 aliphatic heterocycles. The number of hydrogen-bond donors (Lipinski definition) is 0. The van der Waals surface area contributed by atoms with Crippen molar-refractivity contribution in [3.63, 3.8) is 0 Å². The zero-order chi connectivity index (χ0) is 16.4. The van der Waals surface area contributed by atoms with E-state index in [1.54, 1.807) is 6.08 Å². The number of aryl methyl sites for hydroxylation is 1. The minimum absolute atomic E-state index is 0.0702. The molecule has 6 heteroatoms. The highest BCUT2D eigenvalue weighted by Gasteiger charge is 2.47. The lowest BCUT2D eigenvalue weighted by molar-refractivity contribution is -0.185. The smallest absolute Gasteiger partial charge is 0.249 e. The normalized spacial score (nSPS) is 25.0. The van der Waals surface area contributed by atoms with E-state index in [1.165, 1.54) is 5.56 Å². The fraction of sp³-hybridized carbons (Fsp3) is 0.647. The van der Waals surface area contributed by atoms with Crippen LogP contribution in [0, 0.1) is 0 Å².